The number of carbonyl (C=O) groups is 1. The normalized spacial score (nSPS) is 25.4. The second kappa shape index (κ2) is 5.43. The zero-order valence-corrected chi connectivity index (χ0v) is 11.9. The molecule has 2 aliphatic heterocycles. The number of hydrogen-bond donors (Lipinski definition) is 1. The minimum atomic E-state index is 0.126. The van der Waals surface area contributed by atoms with E-state index in [0.29, 0.717) is 17.1 Å². The number of amides is 1. The number of nitrogens with one attached hydrogen (secondary N) is 1. The van der Waals surface area contributed by atoms with E-state index in [9.17, 15) is 4.79 Å². The quantitative estimate of drug-likeness (QED) is 0.905. The van der Waals surface area contributed by atoms with Gasteiger partial charge >= 0.3 is 0 Å². The van der Waals surface area contributed by atoms with Crippen LogP contribution in [0.1, 0.15) is 24.0 Å². The predicted molar refractivity (Wildman–Crippen MR) is 76.1 cm³/mol. The minimum Gasteiger partial charge on any atom is -0.336 e. The van der Waals surface area contributed by atoms with Crippen LogP contribution in [0.25, 0.3) is 0 Å². The fraction of sp³-hybridized carbons (Fsp3) is 0.467. The third-order valence-corrected chi connectivity index (χ3v) is 4.53. The first-order chi connectivity index (χ1) is 9.69. The highest BCUT2D eigenvalue weighted by atomic mass is 35.5. The molecule has 3 rings (SSSR count). The van der Waals surface area contributed by atoms with Gasteiger partial charge in [-0.3, -0.25) is 4.79 Å². The molecule has 2 fully saturated rings. The Kier molecular flexibility index (Phi) is 3.64. The van der Waals surface area contributed by atoms with Gasteiger partial charge in [-0.15, -0.1) is 0 Å². The molecule has 104 valence electrons. The van der Waals surface area contributed by atoms with Crippen LogP contribution in [-0.2, 0) is 11.3 Å². The van der Waals surface area contributed by atoms with Crippen molar-refractivity contribution in [2.24, 2.45) is 5.92 Å². The monoisotopic (exact) mass is 289 g/mol. The van der Waals surface area contributed by atoms with Gasteiger partial charge in [0.05, 0.1) is 17.6 Å². The van der Waals surface area contributed by atoms with Crippen molar-refractivity contribution in [2.75, 3.05) is 13.1 Å². The molecule has 0 bridgehead atoms. The van der Waals surface area contributed by atoms with Crippen molar-refractivity contribution in [1.82, 2.24) is 10.2 Å². The van der Waals surface area contributed by atoms with Crippen LogP contribution >= 0.6 is 11.6 Å². The molecule has 2 unspecified atom stereocenters. The van der Waals surface area contributed by atoms with Gasteiger partial charge in [-0.2, -0.15) is 5.26 Å². The summed E-state index contributed by atoms with van der Waals surface area (Å²) in [6.07, 6.45) is 2.05. The van der Waals surface area contributed by atoms with E-state index in [1.54, 1.807) is 12.1 Å². The van der Waals surface area contributed by atoms with Gasteiger partial charge in [-0.1, -0.05) is 17.7 Å². The maximum atomic E-state index is 12.4. The van der Waals surface area contributed by atoms with Gasteiger partial charge < -0.3 is 10.2 Å². The lowest BCUT2D eigenvalue weighted by atomic mass is 9.94. The number of benzene rings is 1. The van der Waals surface area contributed by atoms with E-state index < -0.39 is 0 Å². The molecule has 20 heavy (non-hydrogen) atoms. The summed E-state index contributed by atoms with van der Waals surface area (Å²) < 4.78 is 0. The average molecular weight is 290 g/mol. The highest BCUT2D eigenvalue weighted by molar-refractivity contribution is 6.31. The highest BCUT2D eigenvalue weighted by Gasteiger charge is 2.41. The Morgan fingerprint density at radius 3 is 3.05 bits per heavy atom. The molecule has 0 spiro atoms. The van der Waals surface area contributed by atoms with Crippen molar-refractivity contribution < 1.29 is 4.79 Å². The molecule has 0 aromatic heterocycles. The number of carbonyl (C=O) groups excluding carboxylic acids is 1. The van der Waals surface area contributed by atoms with Gasteiger partial charge in [0.15, 0.2) is 0 Å². The average Bonchev–Trinajstić information content (AvgIpc) is 2.78. The summed E-state index contributed by atoms with van der Waals surface area (Å²) in [7, 11) is 0. The van der Waals surface area contributed by atoms with Crippen LogP contribution in [0.3, 0.4) is 0 Å². The summed E-state index contributed by atoms with van der Waals surface area (Å²) in [4.78, 5) is 14.2. The molecule has 0 aliphatic carbocycles. The molecule has 1 N–H and O–H groups in total. The number of likely N-dealkylation sites (tertiary alicyclic amines) is 1. The molecular weight excluding hydrogens is 274 g/mol. The molecule has 0 radical (unpaired) electrons. The number of piperidine rings is 1. The van der Waals surface area contributed by atoms with E-state index in [1.807, 2.05) is 11.0 Å². The summed E-state index contributed by atoms with van der Waals surface area (Å²) in [5.41, 5.74) is 1.44. The molecule has 0 saturated carbocycles. The van der Waals surface area contributed by atoms with Crippen LogP contribution in [0, 0.1) is 17.2 Å². The van der Waals surface area contributed by atoms with Crippen LogP contribution in [0.4, 0.5) is 0 Å². The Labute approximate surface area is 123 Å². The molecule has 1 aromatic carbocycles. The molecule has 1 amide bonds. The third-order valence-electron chi connectivity index (χ3n) is 4.17. The van der Waals surface area contributed by atoms with E-state index in [4.69, 9.17) is 16.9 Å². The summed E-state index contributed by atoms with van der Waals surface area (Å²) in [5.74, 6) is 0.350. The van der Waals surface area contributed by atoms with Crippen LogP contribution in [-0.4, -0.2) is 29.9 Å². The number of halogens is 1. The summed E-state index contributed by atoms with van der Waals surface area (Å²) in [5, 5.41) is 12.8. The minimum absolute atomic E-state index is 0.126. The van der Waals surface area contributed by atoms with Crippen molar-refractivity contribution >= 4 is 17.5 Å². The maximum absolute atomic E-state index is 12.4. The Bertz CT molecular complexity index is 581. The third kappa shape index (κ3) is 2.39. The van der Waals surface area contributed by atoms with E-state index in [1.165, 1.54) is 0 Å². The van der Waals surface area contributed by atoms with E-state index in [-0.39, 0.29) is 17.9 Å². The Morgan fingerprint density at radius 1 is 1.50 bits per heavy atom. The summed E-state index contributed by atoms with van der Waals surface area (Å²) in [6.45, 7) is 2.28. The molecule has 2 atom stereocenters. The number of nitriles is 1. The van der Waals surface area contributed by atoms with Gasteiger partial charge in [0.2, 0.25) is 5.91 Å². The zero-order valence-electron chi connectivity index (χ0n) is 11.1. The lowest BCUT2D eigenvalue weighted by molar-refractivity contribution is -0.131. The first kappa shape index (κ1) is 13.4. The van der Waals surface area contributed by atoms with E-state index in [0.717, 1.165) is 31.5 Å². The Hall–Kier alpha value is -1.57. The smallest absolute Gasteiger partial charge is 0.227 e. The van der Waals surface area contributed by atoms with Crippen LogP contribution in [0.5, 0.6) is 0 Å². The van der Waals surface area contributed by atoms with Crippen molar-refractivity contribution in [3.8, 4) is 6.07 Å². The van der Waals surface area contributed by atoms with Crippen molar-refractivity contribution in [3.05, 3.63) is 34.3 Å². The second-order valence-electron chi connectivity index (χ2n) is 5.45. The zero-order chi connectivity index (χ0) is 14.1. The Balaban J connectivity index is 1.75. The SMILES string of the molecule is N#Cc1ccc(CN2CC3NCCCC3C2=O)c(Cl)c1. The van der Waals surface area contributed by atoms with Crippen molar-refractivity contribution in [1.29, 1.82) is 5.26 Å². The molecule has 5 heteroatoms. The van der Waals surface area contributed by atoms with Gasteiger partial charge in [0, 0.05) is 24.2 Å². The molecule has 1 aromatic rings. The molecule has 2 saturated heterocycles. The summed E-state index contributed by atoms with van der Waals surface area (Å²) >= 11 is 6.18. The first-order valence-electron chi connectivity index (χ1n) is 6.90. The van der Waals surface area contributed by atoms with Crippen LogP contribution < -0.4 is 5.32 Å². The van der Waals surface area contributed by atoms with Gasteiger partial charge in [0.25, 0.3) is 0 Å². The number of hydrogen-bond acceptors (Lipinski definition) is 3. The highest BCUT2D eigenvalue weighted by Crippen LogP contribution is 2.29. The molecule has 2 aliphatic rings. The van der Waals surface area contributed by atoms with Crippen molar-refractivity contribution in [2.45, 2.75) is 25.4 Å². The number of rotatable bonds is 2. The molecular formula is C15H16ClN3O. The number of nitrogens with zero attached hydrogens (tertiary/aromatic N) is 2. The lowest BCUT2D eigenvalue weighted by Gasteiger charge is -2.23. The topological polar surface area (TPSA) is 56.1 Å². The predicted octanol–water partition coefficient (Wildman–Crippen LogP) is 1.92. The second-order valence-corrected chi connectivity index (χ2v) is 5.85. The Morgan fingerprint density at radius 2 is 2.35 bits per heavy atom. The largest absolute Gasteiger partial charge is 0.336 e. The van der Waals surface area contributed by atoms with Gasteiger partial charge in [-0.25, -0.2) is 0 Å². The van der Waals surface area contributed by atoms with Crippen LogP contribution in [0.2, 0.25) is 5.02 Å². The number of fused-ring (bicyclic) bond motifs is 1. The van der Waals surface area contributed by atoms with E-state index >= 15 is 0 Å². The fourth-order valence-corrected chi connectivity index (χ4v) is 3.34. The fourth-order valence-electron chi connectivity index (χ4n) is 3.10. The van der Waals surface area contributed by atoms with Gasteiger partial charge in [-0.05, 0) is 37.1 Å². The molecule has 2 heterocycles. The maximum Gasteiger partial charge on any atom is 0.227 e. The molecule has 4 nitrogen and oxygen atoms in total. The van der Waals surface area contributed by atoms with Crippen LogP contribution in [0.15, 0.2) is 18.2 Å². The lowest BCUT2D eigenvalue weighted by Crippen LogP contribution is -2.41. The standard InChI is InChI=1S/C15H16ClN3O/c16-13-6-10(7-17)3-4-11(13)8-19-9-14-12(15(19)20)2-1-5-18-14/h3-4,6,12,14,18H,1-2,5,8-9H2. The van der Waals surface area contributed by atoms with Crippen molar-refractivity contribution in [3.63, 3.8) is 0 Å². The van der Waals surface area contributed by atoms with Gasteiger partial charge in [0.1, 0.15) is 0 Å². The van der Waals surface area contributed by atoms with E-state index in [2.05, 4.69) is 11.4 Å². The summed E-state index contributed by atoms with van der Waals surface area (Å²) in [6, 6.07) is 7.58. The first-order valence-corrected chi connectivity index (χ1v) is 7.27.